The van der Waals surface area contributed by atoms with Gasteiger partial charge in [0.25, 0.3) is 0 Å². The lowest BCUT2D eigenvalue weighted by molar-refractivity contribution is -0.171. The second kappa shape index (κ2) is 8.28. The monoisotopic (exact) mass is 376 g/mol. The second-order valence-electron chi connectivity index (χ2n) is 6.91. The number of aliphatic hydroxyl groups excluding tert-OH is 1. The summed E-state index contributed by atoms with van der Waals surface area (Å²) in [5.41, 5.74) is 0.197. The Morgan fingerprint density at radius 1 is 1.19 bits per heavy atom. The van der Waals surface area contributed by atoms with Crippen molar-refractivity contribution in [1.82, 2.24) is 15.0 Å². The first-order valence-corrected chi connectivity index (χ1v) is 8.73. The molecule has 0 spiro atoms. The molecule has 1 aliphatic carbocycles. The largest absolute Gasteiger partial charge is 0.391 e. The predicted octanol–water partition coefficient (Wildman–Crippen LogP) is 4.05. The molecule has 1 aromatic heterocycles. The molecule has 2 N–H and O–H groups in total. The summed E-state index contributed by atoms with van der Waals surface area (Å²) in [6.45, 7) is 4.83. The first-order valence-electron chi connectivity index (χ1n) is 8.73. The minimum atomic E-state index is -4.28. The molecule has 2 atom stereocenters. The van der Waals surface area contributed by atoms with E-state index in [9.17, 15) is 22.7 Å². The van der Waals surface area contributed by atoms with Crippen molar-refractivity contribution >= 4 is 11.5 Å². The summed E-state index contributed by atoms with van der Waals surface area (Å²) in [6.07, 6.45) is -4.36. The highest BCUT2D eigenvalue weighted by molar-refractivity contribution is 5.64. The number of allylic oxidation sites excluding steroid dienone is 1. The summed E-state index contributed by atoms with van der Waals surface area (Å²) in [5, 5.41) is 12.7. The molecular weight excluding hydrogens is 352 g/mol. The molecule has 0 bridgehead atoms. The van der Waals surface area contributed by atoms with E-state index in [4.69, 9.17) is 0 Å². The predicted molar refractivity (Wildman–Crippen MR) is 90.0 cm³/mol. The van der Waals surface area contributed by atoms with Gasteiger partial charge in [-0.25, -0.2) is 9.37 Å². The molecule has 5 nitrogen and oxygen atoms in total. The lowest BCUT2D eigenvalue weighted by atomic mass is 9.95. The number of anilines is 1. The number of rotatable bonds is 6. The van der Waals surface area contributed by atoms with Crippen LogP contribution in [-0.2, 0) is 6.42 Å². The topological polar surface area (TPSA) is 70.9 Å². The summed E-state index contributed by atoms with van der Waals surface area (Å²) in [4.78, 5) is 12.5. The molecule has 9 heteroatoms. The highest BCUT2D eigenvalue weighted by atomic mass is 19.4. The highest BCUT2D eigenvalue weighted by Gasteiger charge is 2.35. The Kier molecular flexibility index (Phi) is 6.54. The average Bonchev–Trinajstić information content (AvgIpc) is 2.53. The summed E-state index contributed by atoms with van der Waals surface area (Å²) in [5.74, 6) is -1.71. The van der Waals surface area contributed by atoms with E-state index in [0.29, 0.717) is 19.3 Å². The third-order valence-electron chi connectivity index (χ3n) is 4.21. The van der Waals surface area contributed by atoms with Crippen LogP contribution in [0.3, 0.4) is 0 Å². The van der Waals surface area contributed by atoms with Gasteiger partial charge in [0.05, 0.1) is 5.92 Å². The molecular formula is C17H24F4N4O. The van der Waals surface area contributed by atoms with Crippen LogP contribution in [0.25, 0.3) is 5.57 Å². The highest BCUT2D eigenvalue weighted by Crippen LogP contribution is 2.32. The zero-order valence-corrected chi connectivity index (χ0v) is 15.1. The van der Waals surface area contributed by atoms with Crippen molar-refractivity contribution in [1.29, 1.82) is 0 Å². The summed E-state index contributed by atoms with van der Waals surface area (Å²) < 4.78 is 52.4. The zero-order valence-electron chi connectivity index (χ0n) is 15.1. The molecule has 2 rings (SSSR count). The number of nitrogens with zero attached hydrogens (tertiary/aromatic N) is 3. The van der Waals surface area contributed by atoms with Gasteiger partial charge in [-0.1, -0.05) is 6.92 Å². The number of aliphatic hydroxyl groups is 1. The first-order chi connectivity index (χ1) is 12.1. The van der Waals surface area contributed by atoms with Crippen molar-refractivity contribution in [3.63, 3.8) is 0 Å². The number of aromatic nitrogens is 3. The maximum absolute atomic E-state index is 14.3. The van der Waals surface area contributed by atoms with Crippen molar-refractivity contribution in [3.05, 3.63) is 17.5 Å². The lowest BCUT2D eigenvalue weighted by Gasteiger charge is -2.20. The van der Waals surface area contributed by atoms with Gasteiger partial charge in [-0.15, -0.1) is 0 Å². The normalized spacial score (nSPS) is 19.8. The average molecular weight is 376 g/mol. The lowest BCUT2D eigenvalue weighted by Crippen LogP contribution is -2.21. The van der Waals surface area contributed by atoms with E-state index < -0.39 is 24.0 Å². The molecule has 0 amide bonds. The molecule has 26 heavy (non-hydrogen) atoms. The fraction of sp³-hybridized carbons (Fsp3) is 0.706. The Morgan fingerprint density at radius 3 is 2.50 bits per heavy atom. The molecule has 0 aromatic carbocycles. The minimum absolute atomic E-state index is 0.000421. The molecule has 0 radical (unpaired) electrons. The molecule has 146 valence electrons. The third kappa shape index (κ3) is 5.36. The summed E-state index contributed by atoms with van der Waals surface area (Å²) in [7, 11) is 0. The van der Waals surface area contributed by atoms with E-state index in [0.717, 1.165) is 6.92 Å². The quantitative estimate of drug-likeness (QED) is 0.733. The first kappa shape index (κ1) is 20.5. The molecule has 0 aliphatic heterocycles. The van der Waals surface area contributed by atoms with Crippen LogP contribution in [0.2, 0.25) is 0 Å². The van der Waals surface area contributed by atoms with Crippen LogP contribution in [0.1, 0.15) is 58.1 Å². The van der Waals surface area contributed by atoms with Crippen LogP contribution in [0, 0.1) is 5.92 Å². The number of aryl methyl sites for hydroxylation is 1. The van der Waals surface area contributed by atoms with Crippen LogP contribution in [0.5, 0.6) is 0 Å². The second-order valence-corrected chi connectivity index (χ2v) is 6.91. The van der Waals surface area contributed by atoms with E-state index in [1.54, 1.807) is 0 Å². The summed E-state index contributed by atoms with van der Waals surface area (Å²) >= 11 is 0. The maximum atomic E-state index is 14.3. The van der Waals surface area contributed by atoms with Crippen molar-refractivity contribution in [3.8, 4) is 0 Å². The van der Waals surface area contributed by atoms with Crippen LogP contribution in [0.4, 0.5) is 23.5 Å². The minimum Gasteiger partial charge on any atom is -0.386 e. The van der Waals surface area contributed by atoms with Gasteiger partial charge in [0.1, 0.15) is 17.8 Å². The molecule has 0 fully saturated rings. The molecule has 0 saturated carbocycles. The van der Waals surface area contributed by atoms with Gasteiger partial charge < -0.3 is 10.4 Å². The van der Waals surface area contributed by atoms with Gasteiger partial charge in [0.2, 0.25) is 5.95 Å². The van der Waals surface area contributed by atoms with Crippen molar-refractivity contribution in [2.24, 2.45) is 5.92 Å². The molecule has 0 saturated heterocycles. The smallest absolute Gasteiger partial charge is 0.386 e. The van der Waals surface area contributed by atoms with E-state index in [2.05, 4.69) is 20.3 Å². The van der Waals surface area contributed by atoms with Gasteiger partial charge >= 0.3 is 6.18 Å². The Labute approximate surface area is 150 Å². The number of alkyl halides is 3. The van der Waals surface area contributed by atoms with Crippen LogP contribution in [-0.4, -0.2) is 38.4 Å². The number of hydrogen-bond donors (Lipinski definition) is 2. The zero-order chi connectivity index (χ0) is 19.5. The summed E-state index contributed by atoms with van der Waals surface area (Å²) in [6, 6.07) is -0.0111. The van der Waals surface area contributed by atoms with E-state index in [1.165, 1.54) is 0 Å². The van der Waals surface area contributed by atoms with Crippen LogP contribution >= 0.6 is 0 Å². The standard InChI is InChI=1S/C17H24F4N4O/c1-9(2)22-16-24-13(8-7-10(3)17(19,20)21)23-15(25-16)11-5-4-6-12(26)14(11)18/h9-10,12,26H,4-8H2,1-3H3,(H,22,23,24,25)/t10-,12?/m1/s1. The van der Waals surface area contributed by atoms with Crippen molar-refractivity contribution in [2.45, 2.75) is 71.2 Å². The van der Waals surface area contributed by atoms with Gasteiger partial charge in [-0.3, -0.25) is 0 Å². The van der Waals surface area contributed by atoms with Gasteiger partial charge in [-0.2, -0.15) is 23.1 Å². The Morgan fingerprint density at radius 2 is 1.88 bits per heavy atom. The maximum Gasteiger partial charge on any atom is 0.391 e. The van der Waals surface area contributed by atoms with E-state index in [1.807, 2.05) is 13.8 Å². The fourth-order valence-corrected chi connectivity index (χ4v) is 2.64. The Balaban J connectivity index is 2.32. The number of nitrogens with one attached hydrogen (secondary N) is 1. The van der Waals surface area contributed by atoms with Crippen molar-refractivity contribution < 1.29 is 22.7 Å². The molecule has 1 aliphatic rings. The molecule has 1 aromatic rings. The fourth-order valence-electron chi connectivity index (χ4n) is 2.64. The molecule has 1 heterocycles. The SMILES string of the molecule is CC(C)Nc1nc(CC[C@@H](C)C(F)(F)F)nc(C2=C(F)C(O)CCC2)n1. The third-order valence-corrected chi connectivity index (χ3v) is 4.21. The van der Waals surface area contributed by atoms with E-state index in [-0.39, 0.29) is 42.1 Å². The molecule has 1 unspecified atom stereocenters. The van der Waals surface area contributed by atoms with Crippen LogP contribution < -0.4 is 5.32 Å². The Hall–Kier alpha value is -1.77. The van der Waals surface area contributed by atoms with Crippen molar-refractivity contribution in [2.75, 3.05) is 5.32 Å². The number of halogens is 4. The Bertz CT molecular complexity index is 661. The van der Waals surface area contributed by atoms with Gasteiger partial charge in [0, 0.05) is 18.0 Å². The van der Waals surface area contributed by atoms with Gasteiger partial charge in [0.15, 0.2) is 5.82 Å². The van der Waals surface area contributed by atoms with Crippen LogP contribution in [0.15, 0.2) is 5.83 Å². The van der Waals surface area contributed by atoms with Gasteiger partial charge in [-0.05, 0) is 39.5 Å². The van der Waals surface area contributed by atoms with E-state index >= 15 is 0 Å². The number of hydrogen-bond acceptors (Lipinski definition) is 5.